The van der Waals surface area contributed by atoms with Gasteiger partial charge in [0.15, 0.2) is 0 Å². The molecular formula is C12H22N2O4. The van der Waals surface area contributed by atoms with Gasteiger partial charge in [0, 0.05) is 13.6 Å². The predicted molar refractivity (Wildman–Crippen MR) is 66.3 cm³/mol. The SMILES string of the molecule is CC(O)CCN(C)C(=O)NC1(CC(=O)O)CCC1. The van der Waals surface area contributed by atoms with Crippen LogP contribution >= 0.6 is 0 Å². The molecule has 1 fully saturated rings. The van der Waals surface area contributed by atoms with E-state index < -0.39 is 17.6 Å². The van der Waals surface area contributed by atoms with E-state index in [9.17, 15) is 9.59 Å². The van der Waals surface area contributed by atoms with Gasteiger partial charge in [-0.15, -0.1) is 0 Å². The summed E-state index contributed by atoms with van der Waals surface area (Å²) in [6.45, 7) is 2.12. The maximum Gasteiger partial charge on any atom is 0.317 e. The van der Waals surface area contributed by atoms with Gasteiger partial charge in [0.25, 0.3) is 0 Å². The summed E-state index contributed by atoms with van der Waals surface area (Å²) < 4.78 is 0. The van der Waals surface area contributed by atoms with Crippen LogP contribution in [0, 0.1) is 0 Å². The molecule has 0 radical (unpaired) electrons. The highest BCUT2D eigenvalue weighted by Gasteiger charge is 2.40. The molecule has 1 atom stereocenters. The minimum Gasteiger partial charge on any atom is -0.481 e. The van der Waals surface area contributed by atoms with Crippen LogP contribution in [0.2, 0.25) is 0 Å². The van der Waals surface area contributed by atoms with Crippen LogP contribution in [0.4, 0.5) is 4.79 Å². The van der Waals surface area contributed by atoms with Gasteiger partial charge in [0.05, 0.1) is 18.1 Å². The molecule has 0 aromatic heterocycles. The fraction of sp³-hybridized carbons (Fsp3) is 0.833. The lowest BCUT2D eigenvalue weighted by molar-refractivity contribution is -0.139. The van der Waals surface area contributed by atoms with Crippen LogP contribution in [0.25, 0.3) is 0 Å². The minimum absolute atomic E-state index is 0.0248. The van der Waals surface area contributed by atoms with Crippen molar-refractivity contribution in [3.63, 3.8) is 0 Å². The first-order valence-corrected chi connectivity index (χ1v) is 6.28. The highest BCUT2D eigenvalue weighted by atomic mass is 16.4. The van der Waals surface area contributed by atoms with E-state index in [1.54, 1.807) is 14.0 Å². The summed E-state index contributed by atoms with van der Waals surface area (Å²) in [7, 11) is 1.64. The zero-order chi connectivity index (χ0) is 13.8. The van der Waals surface area contributed by atoms with E-state index in [0.717, 1.165) is 19.3 Å². The lowest BCUT2D eigenvalue weighted by atomic mass is 9.74. The molecule has 0 aromatic carbocycles. The molecule has 0 aliphatic heterocycles. The smallest absolute Gasteiger partial charge is 0.317 e. The molecule has 1 unspecified atom stereocenters. The lowest BCUT2D eigenvalue weighted by Gasteiger charge is -2.42. The van der Waals surface area contributed by atoms with Gasteiger partial charge in [-0.05, 0) is 32.6 Å². The number of carboxylic acids is 1. The Kier molecular flexibility index (Phi) is 4.95. The molecule has 3 N–H and O–H groups in total. The van der Waals surface area contributed by atoms with E-state index >= 15 is 0 Å². The average Bonchev–Trinajstić information content (AvgIpc) is 2.21. The molecule has 0 bridgehead atoms. The number of nitrogens with zero attached hydrogens (tertiary/aromatic N) is 1. The molecule has 18 heavy (non-hydrogen) atoms. The number of carbonyl (C=O) groups is 2. The largest absolute Gasteiger partial charge is 0.481 e. The molecule has 0 aromatic rings. The van der Waals surface area contributed by atoms with Crippen molar-refractivity contribution < 1.29 is 19.8 Å². The highest BCUT2D eigenvalue weighted by Crippen LogP contribution is 2.35. The van der Waals surface area contributed by atoms with Crippen molar-refractivity contribution in [2.75, 3.05) is 13.6 Å². The Morgan fingerprint density at radius 1 is 1.44 bits per heavy atom. The van der Waals surface area contributed by atoms with Crippen LogP contribution in [0.3, 0.4) is 0 Å². The van der Waals surface area contributed by atoms with Crippen molar-refractivity contribution in [2.24, 2.45) is 0 Å². The maximum atomic E-state index is 11.9. The van der Waals surface area contributed by atoms with Crippen molar-refractivity contribution in [1.82, 2.24) is 10.2 Å². The Bertz CT molecular complexity index is 313. The number of carboxylic acid groups (broad SMARTS) is 1. The summed E-state index contributed by atoms with van der Waals surface area (Å²) in [6, 6.07) is -0.267. The molecule has 0 saturated heterocycles. The van der Waals surface area contributed by atoms with E-state index in [-0.39, 0.29) is 12.5 Å². The van der Waals surface area contributed by atoms with E-state index in [1.807, 2.05) is 0 Å². The number of aliphatic hydroxyl groups excluding tert-OH is 1. The Labute approximate surface area is 107 Å². The third-order valence-electron chi connectivity index (χ3n) is 3.40. The number of carbonyl (C=O) groups excluding carboxylic acids is 1. The van der Waals surface area contributed by atoms with Crippen LogP contribution in [-0.2, 0) is 4.79 Å². The van der Waals surface area contributed by atoms with Gasteiger partial charge in [0.2, 0.25) is 0 Å². The first-order valence-electron chi connectivity index (χ1n) is 6.28. The monoisotopic (exact) mass is 258 g/mol. The zero-order valence-electron chi connectivity index (χ0n) is 11.0. The molecule has 0 spiro atoms. The number of rotatable bonds is 6. The van der Waals surface area contributed by atoms with Gasteiger partial charge >= 0.3 is 12.0 Å². The van der Waals surface area contributed by atoms with Gasteiger partial charge in [-0.25, -0.2) is 4.79 Å². The maximum absolute atomic E-state index is 11.9. The number of aliphatic carboxylic acids is 1. The van der Waals surface area contributed by atoms with Gasteiger partial charge in [-0.2, -0.15) is 0 Å². The van der Waals surface area contributed by atoms with E-state index in [2.05, 4.69) is 5.32 Å². The number of nitrogens with one attached hydrogen (secondary N) is 1. The zero-order valence-corrected chi connectivity index (χ0v) is 11.0. The van der Waals surface area contributed by atoms with Gasteiger partial charge in [-0.1, -0.05) is 0 Å². The Hall–Kier alpha value is -1.30. The summed E-state index contributed by atoms with van der Waals surface area (Å²) in [5.74, 6) is -0.887. The summed E-state index contributed by atoms with van der Waals surface area (Å²) in [5, 5.41) is 20.8. The molecule has 1 aliphatic carbocycles. The second-order valence-electron chi connectivity index (χ2n) is 5.19. The van der Waals surface area contributed by atoms with E-state index in [1.165, 1.54) is 4.90 Å². The third-order valence-corrected chi connectivity index (χ3v) is 3.40. The molecule has 2 amide bonds. The van der Waals surface area contributed by atoms with E-state index in [4.69, 9.17) is 10.2 Å². The molecule has 1 aliphatic rings. The molecule has 6 nitrogen and oxygen atoms in total. The molecular weight excluding hydrogens is 236 g/mol. The van der Waals surface area contributed by atoms with Crippen molar-refractivity contribution >= 4 is 12.0 Å². The summed E-state index contributed by atoms with van der Waals surface area (Å²) in [6.07, 6.45) is 2.42. The highest BCUT2D eigenvalue weighted by molar-refractivity contribution is 5.77. The Morgan fingerprint density at radius 2 is 2.06 bits per heavy atom. The second kappa shape index (κ2) is 6.04. The van der Waals surface area contributed by atoms with Crippen LogP contribution < -0.4 is 5.32 Å². The molecule has 1 saturated carbocycles. The second-order valence-corrected chi connectivity index (χ2v) is 5.19. The first kappa shape index (κ1) is 14.8. The van der Waals surface area contributed by atoms with Gasteiger partial charge in [0.1, 0.15) is 0 Å². The topological polar surface area (TPSA) is 89.9 Å². The van der Waals surface area contributed by atoms with Crippen molar-refractivity contribution in [2.45, 2.75) is 50.7 Å². The quantitative estimate of drug-likeness (QED) is 0.657. The fourth-order valence-corrected chi connectivity index (χ4v) is 2.04. The number of urea groups is 1. The summed E-state index contributed by atoms with van der Waals surface area (Å²) >= 11 is 0. The van der Waals surface area contributed by atoms with Crippen LogP contribution in [0.15, 0.2) is 0 Å². The minimum atomic E-state index is -0.887. The van der Waals surface area contributed by atoms with Crippen LogP contribution in [0.1, 0.15) is 39.0 Å². The van der Waals surface area contributed by atoms with E-state index in [0.29, 0.717) is 13.0 Å². The van der Waals surface area contributed by atoms with Crippen molar-refractivity contribution in [1.29, 1.82) is 0 Å². The van der Waals surface area contributed by atoms with Crippen LogP contribution in [0.5, 0.6) is 0 Å². The van der Waals surface area contributed by atoms with Gasteiger partial charge < -0.3 is 20.4 Å². The number of amides is 2. The number of hydrogen-bond acceptors (Lipinski definition) is 3. The number of aliphatic hydroxyl groups is 1. The third kappa shape index (κ3) is 4.18. The Balaban J connectivity index is 2.44. The van der Waals surface area contributed by atoms with Crippen LogP contribution in [-0.4, -0.2) is 52.3 Å². The predicted octanol–water partition coefficient (Wildman–Crippen LogP) is 0.796. The number of hydrogen-bond donors (Lipinski definition) is 3. The first-order chi connectivity index (χ1) is 8.34. The lowest BCUT2D eigenvalue weighted by Crippen LogP contribution is -2.57. The summed E-state index contributed by atoms with van der Waals surface area (Å²) in [4.78, 5) is 24.1. The molecule has 1 rings (SSSR count). The molecule has 6 heteroatoms. The normalized spacial score (nSPS) is 18.6. The summed E-state index contributed by atoms with van der Waals surface area (Å²) in [5.41, 5.74) is -0.567. The molecule has 104 valence electrons. The van der Waals surface area contributed by atoms with Crippen molar-refractivity contribution in [3.05, 3.63) is 0 Å². The molecule has 0 heterocycles. The fourth-order valence-electron chi connectivity index (χ4n) is 2.04. The Morgan fingerprint density at radius 3 is 2.44 bits per heavy atom. The van der Waals surface area contributed by atoms with Gasteiger partial charge in [-0.3, -0.25) is 4.79 Å². The van der Waals surface area contributed by atoms with Crippen molar-refractivity contribution in [3.8, 4) is 0 Å². The average molecular weight is 258 g/mol. The standard InChI is InChI=1S/C12H22N2O4/c1-9(15)4-7-14(2)11(18)13-12(5-3-6-12)8-10(16)17/h9,15H,3-8H2,1-2H3,(H,13,18)(H,16,17).